The molecule has 150 valence electrons. The average Bonchev–Trinajstić information content (AvgIpc) is 3.10. The number of carbonyl (C=O) groups excluding carboxylic acids is 1. The summed E-state index contributed by atoms with van der Waals surface area (Å²) in [5, 5.41) is 10.4. The lowest BCUT2D eigenvalue weighted by Crippen LogP contribution is -2.07. The second-order valence-corrected chi connectivity index (χ2v) is 7.57. The van der Waals surface area contributed by atoms with Crippen molar-refractivity contribution in [3.05, 3.63) is 106 Å². The summed E-state index contributed by atoms with van der Waals surface area (Å²) >= 11 is 0. The van der Waals surface area contributed by atoms with Crippen LogP contribution in [0.1, 0.15) is 43.1 Å². The summed E-state index contributed by atoms with van der Waals surface area (Å²) in [4.78, 5) is 28.1. The summed E-state index contributed by atoms with van der Waals surface area (Å²) < 4.78 is 0. The Labute approximate surface area is 175 Å². The summed E-state index contributed by atoms with van der Waals surface area (Å²) in [6, 6.07) is 23.3. The highest BCUT2D eigenvalue weighted by Gasteiger charge is 2.20. The van der Waals surface area contributed by atoms with Crippen molar-refractivity contribution in [2.75, 3.05) is 0 Å². The van der Waals surface area contributed by atoms with Crippen molar-refractivity contribution in [3.8, 4) is 0 Å². The van der Waals surface area contributed by atoms with Gasteiger partial charge in [0.1, 0.15) is 0 Å². The Morgan fingerprint density at radius 2 is 1.50 bits per heavy atom. The number of aromatic carboxylic acids is 1. The number of carbonyl (C=O) groups is 2. The minimum absolute atomic E-state index is 0.00925. The number of fused-ring (bicyclic) bond motifs is 1. The van der Waals surface area contributed by atoms with Gasteiger partial charge in [0.25, 0.3) is 0 Å². The molecule has 0 fully saturated rings. The second-order valence-electron chi connectivity index (χ2n) is 7.57. The van der Waals surface area contributed by atoms with Crippen molar-refractivity contribution in [1.82, 2.24) is 4.98 Å². The van der Waals surface area contributed by atoms with E-state index in [0.717, 1.165) is 28.5 Å². The number of carboxylic acids is 1. The molecular formula is C26H23NO3. The molecule has 2 N–H and O–H groups in total. The molecule has 0 atom stereocenters. The van der Waals surface area contributed by atoms with E-state index in [9.17, 15) is 14.7 Å². The van der Waals surface area contributed by atoms with E-state index in [2.05, 4.69) is 17.1 Å². The Morgan fingerprint density at radius 1 is 0.867 bits per heavy atom. The van der Waals surface area contributed by atoms with Gasteiger partial charge >= 0.3 is 5.97 Å². The summed E-state index contributed by atoms with van der Waals surface area (Å²) in [5.41, 5.74) is 5.34. The number of aryl methyl sites for hydroxylation is 3. The number of H-pyrrole nitrogens is 1. The number of aromatic nitrogens is 1. The van der Waals surface area contributed by atoms with E-state index in [1.165, 1.54) is 5.56 Å². The third-order valence-corrected chi connectivity index (χ3v) is 5.47. The molecule has 0 amide bonds. The van der Waals surface area contributed by atoms with Gasteiger partial charge in [-0.25, -0.2) is 4.79 Å². The van der Waals surface area contributed by atoms with Crippen molar-refractivity contribution in [2.24, 2.45) is 0 Å². The van der Waals surface area contributed by atoms with Crippen molar-refractivity contribution in [2.45, 2.75) is 26.2 Å². The van der Waals surface area contributed by atoms with Crippen LogP contribution in [0, 0.1) is 6.92 Å². The van der Waals surface area contributed by atoms with Crippen molar-refractivity contribution in [1.29, 1.82) is 0 Å². The molecule has 3 aromatic carbocycles. The van der Waals surface area contributed by atoms with Crippen LogP contribution in [0.3, 0.4) is 0 Å². The van der Waals surface area contributed by atoms with Crippen LogP contribution < -0.4 is 0 Å². The molecule has 4 nitrogen and oxygen atoms in total. The summed E-state index contributed by atoms with van der Waals surface area (Å²) in [7, 11) is 0. The molecule has 30 heavy (non-hydrogen) atoms. The Bertz CT molecular complexity index is 1210. The second kappa shape index (κ2) is 8.37. The van der Waals surface area contributed by atoms with E-state index in [1.807, 2.05) is 54.6 Å². The van der Waals surface area contributed by atoms with Crippen LogP contribution in [0.2, 0.25) is 0 Å². The summed E-state index contributed by atoms with van der Waals surface area (Å²) in [6.45, 7) is 1.78. The predicted octanol–water partition coefficient (Wildman–Crippen LogP) is 5.39. The van der Waals surface area contributed by atoms with E-state index in [1.54, 1.807) is 13.0 Å². The van der Waals surface area contributed by atoms with Gasteiger partial charge in [-0.05, 0) is 54.2 Å². The van der Waals surface area contributed by atoms with E-state index < -0.39 is 5.97 Å². The first-order valence-electron chi connectivity index (χ1n) is 10.0. The number of rotatable bonds is 7. The van der Waals surface area contributed by atoms with Crippen LogP contribution >= 0.6 is 0 Å². The maximum Gasteiger partial charge on any atom is 0.335 e. The van der Waals surface area contributed by atoms with Gasteiger partial charge in [0.15, 0.2) is 5.78 Å². The van der Waals surface area contributed by atoms with Gasteiger partial charge in [0, 0.05) is 17.3 Å². The molecule has 4 heteroatoms. The molecule has 4 aromatic rings. The van der Waals surface area contributed by atoms with Gasteiger partial charge in [0.05, 0.1) is 11.3 Å². The van der Waals surface area contributed by atoms with E-state index in [-0.39, 0.29) is 11.3 Å². The Morgan fingerprint density at radius 3 is 2.13 bits per heavy atom. The molecule has 1 heterocycles. The SMILES string of the molecule is Cc1cc2[nH]c(C(=O)Cc3ccccc3)c(CCc3ccccc3)c2cc1C(=O)O. The minimum atomic E-state index is -0.957. The number of benzene rings is 3. The Kier molecular flexibility index (Phi) is 5.48. The van der Waals surface area contributed by atoms with Crippen molar-refractivity contribution < 1.29 is 14.7 Å². The highest BCUT2D eigenvalue weighted by Crippen LogP contribution is 2.28. The summed E-state index contributed by atoms with van der Waals surface area (Å²) in [6.07, 6.45) is 1.73. The molecule has 4 rings (SSSR count). The molecule has 1 aromatic heterocycles. The number of hydrogen-bond donors (Lipinski definition) is 2. The third kappa shape index (κ3) is 4.03. The van der Waals surface area contributed by atoms with Crippen molar-refractivity contribution in [3.63, 3.8) is 0 Å². The van der Waals surface area contributed by atoms with Gasteiger partial charge in [-0.1, -0.05) is 60.7 Å². The number of hydrogen-bond acceptors (Lipinski definition) is 2. The molecule has 0 aliphatic rings. The van der Waals surface area contributed by atoms with Crippen LogP contribution in [0.4, 0.5) is 0 Å². The molecule has 0 saturated heterocycles. The van der Waals surface area contributed by atoms with E-state index in [4.69, 9.17) is 0 Å². The summed E-state index contributed by atoms with van der Waals surface area (Å²) in [5.74, 6) is -0.947. The zero-order chi connectivity index (χ0) is 21.1. The lowest BCUT2D eigenvalue weighted by atomic mass is 9.96. The third-order valence-electron chi connectivity index (χ3n) is 5.47. The molecule has 0 saturated carbocycles. The van der Waals surface area contributed by atoms with Gasteiger partial charge in [-0.3, -0.25) is 4.79 Å². The van der Waals surface area contributed by atoms with Gasteiger partial charge < -0.3 is 10.1 Å². The number of ketones is 1. The van der Waals surface area contributed by atoms with Gasteiger partial charge in [0.2, 0.25) is 0 Å². The monoisotopic (exact) mass is 397 g/mol. The van der Waals surface area contributed by atoms with E-state index in [0.29, 0.717) is 24.1 Å². The number of aromatic amines is 1. The van der Waals surface area contributed by atoms with Crippen LogP contribution in [0.5, 0.6) is 0 Å². The highest BCUT2D eigenvalue weighted by molar-refractivity contribution is 6.05. The van der Waals surface area contributed by atoms with Crippen molar-refractivity contribution >= 4 is 22.7 Å². The number of carboxylic acid groups (broad SMARTS) is 1. The zero-order valence-corrected chi connectivity index (χ0v) is 16.8. The maximum absolute atomic E-state index is 13.2. The van der Waals surface area contributed by atoms with Gasteiger partial charge in [-0.2, -0.15) is 0 Å². The molecule has 0 spiro atoms. The smallest absolute Gasteiger partial charge is 0.335 e. The lowest BCUT2D eigenvalue weighted by Gasteiger charge is -2.07. The zero-order valence-electron chi connectivity index (χ0n) is 16.8. The predicted molar refractivity (Wildman–Crippen MR) is 118 cm³/mol. The maximum atomic E-state index is 13.2. The van der Waals surface area contributed by atoms with Crippen LogP contribution in [0.25, 0.3) is 10.9 Å². The fraction of sp³-hybridized carbons (Fsp3) is 0.154. The number of nitrogens with one attached hydrogen (secondary N) is 1. The molecule has 0 unspecified atom stereocenters. The standard InChI is InChI=1S/C26H23NO3/c1-17-14-23-22(16-21(17)26(29)30)20(13-12-18-8-4-2-5-9-18)25(27-23)24(28)15-19-10-6-3-7-11-19/h2-11,14,16,27H,12-13,15H2,1H3,(H,29,30). The Balaban J connectivity index is 1.77. The largest absolute Gasteiger partial charge is 0.478 e. The topological polar surface area (TPSA) is 70.2 Å². The van der Waals surface area contributed by atoms with E-state index >= 15 is 0 Å². The first-order valence-corrected chi connectivity index (χ1v) is 10.0. The first-order chi connectivity index (χ1) is 14.5. The molecule has 0 radical (unpaired) electrons. The normalized spacial score (nSPS) is 11.0. The molecule has 0 aliphatic carbocycles. The van der Waals surface area contributed by atoms with Crippen LogP contribution in [-0.4, -0.2) is 21.8 Å². The Hall–Kier alpha value is -3.66. The lowest BCUT2D eigenvalue weighted by molar-refractivity contribution is 0.0696. The molecular weight excluding hydrogens is 374 g/mol. The molecule has 0 aliphatic heterocycles. The molecule has 0 bridgehead atoms. The minimum Gasteiger partial charge on any atom is -0.478 e. The first kappa shape index (κ1) is 19.6. The highest BCUT2D eigenvalue weighted by atomic mass is 16.4. The van der Waals surface area contributed by atoms with Crippen LogP contribution in [0.15, 0.2) is 72.8 Å². The fourth-order valence-electron chi connectivity index (χ4n) is 3.92. The fourth-order valence-corrected chi connectivity index (χ4v) is 3.92. The number of Topliss-reactive ketones (excluding diaryl/α,β-unsaturated/α-hetero) is 1. The average molecular weight is 397 g/mol. The van der Waals surface area contributed by atoms with Crippen LogP contribution in [-0.2, 0) is 19.3 Å². The van der Waals surface area contributed by atoms with Gasteiger partial charge in [-0.15, -0.1) is 0 Å². The quantitative estimate of drug-likeness (QED) is 0.411.